The molecule has 82 valence electrons. The standard InChI is InChI=1S/C12H23NO/c14-11-7-2-1-6-10-13-12-8-4-3-5-9-12/h3-4,12-14H,1-2,5-11H2. The van der Waals surface area contributed by atoms with E-state index in [1.165, 1.54) is 38.5 Å². The first kappa shape index (κ1) is 11.7. The minimum absolute atomic E-state index is 0.348. The molecule has 0 aromatic heterocycles. The van der Waals surface area contributed by atoms with Crippen molar-refractivity contribution in [3.05, 3.63) is 12.2 Å². The largest absolute Gasteiger partial charge is 0.396 e. The highest BCUT2D eigenvalue weighted by molar-refractivity contribution is 4.92. The molecule has 0 bridgehead atoms. The van der Waals surface area contributed by atoms with Crippen LogP contribution in [0.3, 0.4) is 0 Å². The first-order valence-electron chi connectivity index (χ1n) is 5.92. The second-order valence-corrected chi connectivity index (χ2v) is 4.07. The molecule has 1 unspecified atom stereocenters. The van der Waals surface area contributed by atoms with Crippen LogP contribution < -0.4 is 5.32 Å². The van der Waals surface area contributed by atoms with E-state index in [-0.39, 0.29) is 0 Å². The Morgan fingerprint density at radius 3 is 2.71 bits per heavy atom. The lowest BCUT2D eigenvalue weighted by molar-refractivity contribution is 0.282. The van der Waals surface area contributed by atoms with Crippen molar-refractivity contribution >= 4 is 0 Å². The summed E-state index contributed by atoms with van der Waals surface area (Å²) >= 11 is 0. The molecule has 0 fully saturated rings. The van der Waals surface area contributed by atoms with Crippen molar-refractivity contribution in [3.63, 3.8) is 0 Å². The maximum Gasteiger partial charge on any atom is 0.0431 e. The van der Waals surface area contributed by atoms with Crippen LogP contribution in [0.1, 0.15) is 44.9 Å². The van der Waals surface area contributed by atoms with Crippen LogP contribution in [0.4, 0.5) is 0 Å². The van der Waals surface area contributed by atoms with Gasteiger partial charge in [-0.1, -0.05) is 25.0 Å². The van der Waals surface area contributed by atoms with Crippen LogP contribution in [0.2, 0.25) is 0 Å². The number of rotatable bonds is 7. The Labute approximate surface area is 87.4 Å². The van der Waals surface area contributed by atoms with Crippen molar-refractivity contribution in [2.24, 2.45) is 0 Å². The van der Waals surface area contributed by atoms with E-state index in [2.05, 4.69) is 17.5 Å². The van der Waals surface area contributed by atoms with Crippen LogP contribution >= 0.6 is 0 Å². The van der Waals surface area contributed by atoms with Gasteiger partial charge in [-0.05, 0) is 38.6 Å². The molecule has 0 aliphatic heterocycles. The molecule has 0 aromatic carbocycles. The van der Waals surface area contributed by atoms with Gasteiger partial charge in [0.25, 0.3) is 0 Å². The minimum Gasteiger partial charge on any atom is -0.396 e. The molecular formula is C12H23NO. The Kier molecular flexibility index (Phi) is 6.71. The highest BCUT2D eigenvalue weighted by atomic mass is 16.2. The first-order valence-corrected chi connectivity index (χ1v) is 5.92. The summed E-state index contributed by atoms with van der Waals surface area (Å²) in [7, 11) is 0. The van der Waals surface area contributed by atoms with E-state index in [9.17, 15) is 0 Å². The summed E-state index contributed by atoms with van der Waals surface area (Å²) in [5.74, 6) is 0. The number of hydrogen-bond acceptors (Lipinski definition) is 2. The first-order chi connectivity index (χ1) is 6.93. The second-order valence-electron chi connectivity index (χ2n) is 4.07. The fourth-order valence-corrected chi connectivity index (χ4v) is 1.88. The van der Waals surface area contributed by atoms with Gasteiger partial charge in [-0.15, -0.1) is 0 Å². The number of hydrogen-bond donors (Lipinski definition) is 2. The van der Waals surface area contributed by atoms with Crippen molar-refractivity contribution in [3.8, 4) is 0 Å². The van der Waals surface area contributed by atoms with Crippen LogP contribution in [-0.2, 0) is 0 Å². The van der Waals surface area contributed by atoms with Gasteiger partial charge in [-0.25, -0.2) is 0 Å². The molecule has 0 radical (unpaired) electrons. The Morgan fingerprint density at radius 2 is 2.00 bits per heavy atom. The summed E-state index contributed by atoms with van der Waals surface area (Å²) in [5.41, 5.74) is 0. The Balaban J connectivity index is 1.86. The van der Waals surface area contributed by atoms with Gasteiger partial charge in [0, 0.05) is 12.6 Å². The highest BCUT2D eigenvalue weighted by Crippen LogP contribution is 2.10. The number of aliphatic hydroxyl groups excluding tert-OH is 1. The zero-order chi connectivity index (χ0) is 10.1. The van der Waals surface area contributed by atoms with Crippen LogP contribution in [0.5, 0.6) is 0 Å². The van der Waals surface area contributed by atoms with Crippen LogP contribution in [0.15, 0.2) is 12.2 Å². The molecule has 0 amide bonds. The average Bonchev–Trinajstić information content (AvgIpc) is 2.25. The van der Waals surface area contributed by atoms with Gasteiger partial charge >= 0.3 is 0 Å². The van der Waals surface area contributed by atoms with Gasteiger partial charge in [-0.2, -0.15) is 0 Å². The predicted molar refractivity (Wildman–Crippen MR) is 60.3 cm³/mol. The van der Waals surface area contributed by atoms with Crippen LogP contribution in [0, 0.1) is 0 Å². The zero-order valence-electron chi connectivity index (χ0n) is 9.04. The third kappa shape index (κ3) is 5.40. The Morgan fingerprint density at radius 1 is 1.14 bits per heavy atom. The van der Waals surface area contributed by atoms with Gasteiger partial charge in [0.15, 0.2) is 0 Å². The quantitative estimate of drug-likeness (QED) is 0.484. The van der Waals surface area contributed by atoms with Crippen molar-refractivity contribution in [1.29, 1.82) is 0 Å². The van der Waals surface area contributed by atoms with Crippen molar-refractivity contribution in [1.82, 2.24) is 5.32 Å². The summed E-state index contributed by atoms with van der Waals surface area (Å²) in [6, 6.07) is 0.720. The van der Waals surface area contributed by atoms with Crippen molar-refractivity contribution in [2.45, 2.75) is 51.0 Å². The molecular weight excluding hydrogens is 174 g/mol. The Hall–Kier alpha value is -0.340. The normalized spacial score (nSPS) is 21.4. The number of unbranched alkanes of at least 4 members (excludes halogenated alkanes) is 3. The van der Waals surface area contributed by atoms with Crippen LogP contribution in [0.25, 0.3) is 0 Å². The molecule has 0 saturated carbocycles. The summed E-state index contributed by atoms with van der Waals surface area (Å²) in [4.78, 5) is 0. The molecule has 1 atom stereocenters. The van der Waals surface area contributed by atoms with Crippen LogP contribution in [-0.4, -0.2) is 24.3 Å². The number of aliphatic hydroxyl groups is 1. The summed E-state index contributed by atoms with van der Waals surface area (Å²) < 4.78 is 0. The van der Waals surface area contributed by atoms with E-state index in [0.29, 0.717) is 6.61 Å². The van der Waals surface area contributed by atoms with E-state index < -0.39 is 0 Å². The SMILES string of the molecule is OCCCCCCNC1CC=CCC1. The summed E-state index contributed by atoms with van der Waals surface area (Å²) in [6.07, 6.45) is 12.9. The fraction of sp³-hybridized carbons (Fsp3) is 0.833. The monoisotopic (exact) mass is 197 g/mol. The van der Waals surface area contributed by atoms with E-state index in [1.54, 1.807) is 0 Å². The lowest BCUT2D eigenvalue weighted by Gasteiger charge is -2.19. The van der Waals surface area contributed by atoms with E-state index >= 15 is 0 Å². The van der Waals surface area contributed by atoms with Gasteiger partial charge in [0.05, 0.1) is 0 Å². The molecule has 1 rings (SSSR count). The smallest absolute Gasteiger partial charge is 0.0431 e. The third-order valence-electron chi connectivity index (χ3n) is 2.79. The minimum atomic E-state index is 0.348. The lowest BCUT2D eigenvalue weighted by atomic mass is 10.0. The molecule has 0 saturated heterocycles. The molecule has 1 aliphatic rings. The lowest BCUT2D eigenvalue weighted by Crippen LogP contribution is -2.30. The van der Waals surface area contributed by atoms with E-state index in [4.69, 9.17) is 5.11 Å². The molecule has 0 spiro atoms. The average molecular weight is 197 g/mol. The predicted octanol–water partition coefficient (Wildman–Crippen LogP) is 2.24. The molecule has 0 aromatic rings. The Bertz CT molecular complexity index is 156. The van der Waals surface area contributed by atoms with Gasteiger partial charge < -0.3 is 10.4 Å². The van der Waals surface area contributed by atoms with Crippen molar-refractivity contribution in [2.75, 3.05) is 13.2 Å². The van der Waals surface area contributed by atoms with E-state index in [0.717, 1.165) is 19.0 Å². The van der Waals surface area contributed by atoms with Gasteiger partial charge in [0.1, 0.15) is 0 Å². The van der Waals surface area contributed by atoms with E-state index in [1.807, 2.05) is 0 Å². The summed E-state index contributed by atoms with van der Waals surface area (Å²) in [5, 5.41) is 12.2. The number of nitrogens with one attached hydrogen (secondary N) is 1. The maximum atomic E-state index is 8.60. The van der Waals surface area contributed by atoms with Gasteiger partial charge in [0.2, 0.25) is 0 Å². The van der Waals surface area contributed by atoms with Gasteiger partial charge in [-0.3, -0.25) is 0 Å². The topological polar surface area (TPSA) is 32.3 Å². The van der Waals surface area contributed by atoms with Crippen molar-refractivity contribution < 1.29 is 5.11 Å². The molecule has 2 nitrogen and oxygen atoms in total. The zero-order valence-corrected chi connectivity index (χ0v) is 9.04. The molecule has 2 heteroatoms. The maximum absolute atomic E-state index is 8.60. The third-order valence-corrected chi connectivity index (χ3v) is 2.79. The summed E-state index contributed by atoms with van der Waals surface area (Å²) in [6.45, 7) is 1.49. The molecule has 14 heavy (non-hydrogen) atoms. The molecule has 0 heterocycles. The molecule has 1 aliphatic carbocycles. The fourth-order valence-electron chi connectivity index (χ4n) is 1.88. The number of allylic oxidation sites excluding steroid dienone is 1. The highest BCUT2D eigenvalue weighted by Gasteiger charge is 2.07. The second kappa shape index (κ2) is 8.01. The molecule has 2 N–H and O–H groups in total.